The number of nitrogens with zero attached hydrogens (tertiary/aromatic N) is 2. The molecule has 0 amide bonds. The van der Waals surface area contributed by atoms with Gasteiger partial charge in [0, 0.05) is 18.5 Å². The summed E-state index contributed by atoms with van der Waals surface area (Å²) in [6.07, 6.45) is 4.61. The summed E-state index contributed by atoms with van der Waals surface area (Å²) in [7, 11) is 0. The Hall–Kier alpha value is -1.75. The number of anilines is 1. The molecule has 1 heterocycles. The molecule has 88 valence electrons. The van der Waals surface area contributed by atoms with Gasteiger partial charge in [0.15, 0.2) is 5.82 Å². The van der Waals surface area contributed by atoms with Crippen LogP contribution in [0.15, 0.2) is 30.7 Å². The van der Waals surface area contributed by atoms with Gasteiger partial charge in [0.05, 0.1) is 29.1 Å². The van der Waals surface area contributed by atoms with Crippen LogP contribution in [0.25, 0.3) is 0 Å². The van der Waals surface area contributed by atoms with Crippen molar-refractivity contribution in [3.8, 4) is 0 Å². The number of halogens is 3. The van der Waals surface area contributed by atoms with Crippen molar-refractivity contribution >= 4 is 17.3 Å². The summed E-state index contributed by atoms with van der Waals surface area (Å²) >= 11 is 5.72. The van der Waals surface area contributed by atoms with Gasteiger partial charge in [0.25, 0.3) is 0 Å². The lowest BCUT2D eigenvalue weighted by atomic mass is 10.3. The minimum atomic E-state index is -0.737. The monoisotopic (exact) mass is 255 g/mol. The smallest absolute Gasteiger partial charge is 0.150 e. The maximum absolute atomic E-state index is 13.4. The van der Waals surface area contributed by atoms with Gasteiger partial charge in [-0.1, -0.05) is 11.6 Å². The molecule has 0 aliphatic heterocycles. The third kappa shape index (κ3) is 2.88. The molecule has 0 saturated heterocycles. The largest absolute Gasteiger partial charge is 0.376 e. The second kappa shape index (κ2) is 5.05. The van der Waals surface area contributed by atoms with Gasteiger partial charge in [-0.05, 0) is 6.07 Å². The normalized spacial score (nSPS) is 10.3. The molecule has 17 heavy (non-hydrogen) atoms. The molecule has 2 aromatic rings. The van der Waals surface area contributed by atoms with E-state index in [1.807, 2.05) is 0 Å². The highest BCUT2D eigenvalue weighted by Gasteiger charge is 2.09. The summed E-state index contributed by atoms with van der Waals surface area (Å²) in [4.78, 5) is 7.87. The van der Waals surface area contributed by atoms with E-state index < -0.39 is 11.6 Å². The summed E-state index contributed by atoms with van der Waals surface area (Å²) < 4.78 is 26.2. The van der Waals surface area contributed by atoms with Gasteiger partial charge in [-0.15, -0.1) is 0 Å². The molecule has 1 aromatic heterocycles. The summed E-state index contributed by atoms with van der Waals surface area (Å²) in [5.74, 6) is -1.45. The van der Waals surface area contributed by atoms with Crippen molar-refractivity contribution in [3.05, 3.63) is 53.1 Å². The standard InChI is InChI=1S/C11H8ClF2N3/c12-9-3-7(13)4-10(14)11(9)17-6-8-5-15-1-2-16-8/h1-5,17H,6H2. The van der Waals surface area contributed by atoms with E-state index in [2.05, 4.69) is 15.3 Å². The number of hydrogen-bond donors (Lipinski definition) is 1. The van der Waals surface area contributed by atoms with Crippen LogP contribution in [-0.2, 0) is 6.54 Å². The first-order valence-electron chi connectivity index (χ1n) is 4.80. The molecule has 1 N–H and O–H groups in total. The zero-order valence-electron chi connectivity index (χ0n) is 8.62. The lowest BCUT2D eigenvalue weighted by Crippen LogP contribution is -2.04. The van der Waals surface area contributed by atoms with Gasteiger partial charge in [0.1, 0.15) is 5.82 Å². The first-order valence-corrected chi connectivity index (χ1v) is 5.18. The molecule has 0 bridgehead atoms. The molecule has 0 spiro atoms. The number of rotatable bonds is 3. The van der Waals surface area contributed by atoms with Crippen molar-refractivity contribution in [2.75, 3.05) is 5.32 Å². The Bertz CT molecular complexity index is 496. The maximum Gasteiger partial charge on any atom is 0.150 e. The van der Waals surface area contributed by atoms with E-state index in [9.17, 15) is 8.78 Å². The van der Waals surface area contributed by atoms with Crippen molar-refractivity contribution in [3.63, 3.8) is 0 Å². The van der Waals surface area contributed by atoms with Crippen LogP contribution in [0.2, 0.25) is 5.02 Å². The molecule has 1 aromatic carbocycles. The first-order chi connectivity index (χ1) is 8.16. The summed E-state index contributed by atoms with van der Waals surface area (Å²) in [6.45, 7) is 0.260. The molecular formula is C11H8ClF2N3. The second-order valence-corrected chi connectivity index (χ2v) is 3.70. The lowest BCUT2D eigenvalue weighted by molar-refractivity contribution is 0.585. The molecule has 3 nitrogen and oxygen atoms in total. The maximum atomic E-state index is 13.4. The van der Waals surface area contributed by atoms with Crippen LogP contribution in [0.1, 0.15) is 5.69 Å². The van der Waals surface area contributed by atoms with E-state index >= 15 is 0 Å². The van der Waals surface area contributed by atoms with Gasteiger partial charge in [-0.2, -0.15) is 0 Å². The molecular weight excluding hydrogens is 248 g/mol. The van der Waals surface area contributed by atoms with E-state index in [0.717, 1.165) is 12.1 Å². The van der Waals surface area contributed by atoms with Crippen LogP contribution in [0.3, 0.4) is 0 Å². The van der Waals surface area contributed by atoms with Crippen molar-refractivity contribution in [1.82, 2.24) is 9.97 Å². The molecule has 0 aliphatic rings. The van der Waals surface area contributed by atoms with Crippen LogP contribution in [-0.4, -0.2) is 9.97 Å². The van der Waals surface area contributed by atoms with Crippen molar-refractivity contribution in [1.29, 1.82) is 0 Å². The Kier molecular flexibility index (Phi) is 3.49. The second-order valence-electron chi connectivity index (χ2n) is 3.29. The fourth-order valence-corrected chi connectivity index (χ4v) is 1.57. The fourth-order valence-electron chi connectivity index (χ4n) is 1.31. The SMILES string of the molecule is Fc1cc(F)c(NCc2cnccn2)c(Cl)c1. The first kappa shape index (κ1) is 11.7. The predicted molar refractivity (Wildman–Crippen MR) is 60.7 cm³/mol. The lowest BCUT2D eigenvalue weighted by Gasteiger charge is -2.08. The fraction of sp³-hybridized carbons (Fsp3) is 0.0909. The Morgan fingerprint density at radius 3 is 2.71 bits per heavy atom. The van der Waals surface area contributed by atoms with Gasteiger partial charge in [-0.3, -0.25) is 9.97 Å². The third-order valence-electron chi connectivity index (χ3n) is 2.07. The third-order valence-corrected chi connectivity index (χ3v) is 2.37. The Morgan fingerprint density at radius 1 is 1.24 bits per heavy atom. The van der Waals surface area contributed by atoms with E-state index in [1.165, 1.54) is 12.4 Å². The van der Waals surface area contributed by atoms with Crippen LogP contribution >= 0.6 is 11.6 Å². The van der Waals surface area contributed by atoms with E-state index in [1.54, 1.807) is 6.20 Å². The van der Waals surface area contributed by atoms with Gasteiger partial charge in [0.2, 0.25) is 0 Å². The van der Waals surface area contributed by atoms with Crippen molar-refractivity contribution in [2.45, 2.75) is 6.54 Å². The quantitative estimate of drug-likeness (QED) is 0.916. The summed E-state index contributed by atoms with van der Waals surface area (Å²) in [5.41, 5.74) is 0.686. The molecule has 2 rings (SSSR count). The highest BCUT2D eigenvalue weighted by molar-refractivity contribution is 6.33. The highest BCUT2D eigenvalue weighted by atomic mass is 35.5. The topological polar surface area (TPSA) is 37.8 Å². The highest BCUT2D eigenvalue weighted by Crippen LogP contribution is 2.26. The molecule has 0 radical (unpaired) electrons. The summed E-state index contributed by atoms with van der Waals surface area (Å²) in [6, 6.07) is 1.81. The van der Waals surface area contributed by atoms with Gasteiger partial charge >= 0.3 is 0 Å². The number of aromatic nitrogens is 2. The van der Waals surface area contributed by atoms with Crippen molar-refractivity contribution in [2.24, 2.45) is 0 Å². The van der Waals surface area contributed by atoms with Gasteiger partial charge < -0.3 is 5.32 Å². The zero-order chi connectivity index (χ0) is 12.3. The average Bonchev–Trinajstić information content (AvgIpc) is 2.29. The molecule has 0 atom stereocenters. The van der Waals surface area contributed by atoms with E-state index in [-0.39, 0.29) is 17.3 Å². The Labute approximate surface area is 101 Å². The molecule has 0 saturated carbocycles. The molecule has 0 fully saturated rings. The Balaban J connectivity index is 2.15. The zero-order valence-corrected chi connectivity index (χ0v) is 9.38. The molecule has 0 unspecified atom stereocenters. The number of hydrogen-bond acceptors (Lipinski definition) is 3. The number of benzene rings is 1. The van der Waals surface area contributed by atoms with Crippen LogP contribution in [0.5, 0.6) is 0 Å². The minimum Gasteiger partial charge on any atom is -0.376 e. The average molecular weight is 256 g/mol. The Morgan fingerprint density at radius 2 is 2.06 bits per heavy atom. The predicted octanol–water partition coefficient (Wildman–Crippen LogP) is 3.02. The van der Waals surface area contributed by atoms with Crippen LogP contribution < -0.4 is 5.32 Å². The molecule has 6 heteroatoms. The molecule has 0 aliphatic carbocycles. The minimum absolute atomic E-state index is 0.00797. The van der Waals surface area contributed by atoms with Gasteiger partial charge in [-0.25, -0.2) is 8.78 Å². The number of nitrogens with one attached hydrogen (secondary N) is 1. The van der Waals surface area contributed by atoms with E-state index in [4.69, 9.17) is 11.6 Å². The van der Waals surface area contributed by atoms with Crippen molar-refractivity contribution < 1.29 is 8.78 Å². The van der Waals surface area contributed by atoms with Crippen LogP contribution in [0.4, 0.5) is 14.5 Å². The summed E-state index contributed by atoms with van der Waals surface area (Å²) in [5, 5.41) is 2.74. The van der Waals surface area contributed by atoms with E-state index in [0.29, 0.717) is 5.69 Å². The van der Waals surface area contributed by atoms with Crippen LogP contribution in [0, 0.1) is 11.6 Å².